The molecule has 1 amide bonds. The van der Waals surface area contributed by atoms with Crippen molar-refractivity contribution >= 4 is 11.9 Å². The van der Waals surface area contributed by atoms with Crippen LogP contribution in [0.1, 0.15) is 61.4 Å². The molecule has 1 aliphatic rings. The number of hydrogen-bond acceptors (Lipinski definition) is 3. The zero-order chi connectivity index (χ0) is 18.1. The second-order valence-corrected chi connectivity index (χ2v) is 6.64. The first-order valence-corrected chi connectivity index (χ1v) is 9.31. The number of carbonyl (C=O) groups excluding carboxylic acids is 1. The van der Waals surface area contributed by atoms with Gasteiger partial charge in [-0.25, -0.2) is 4.79 Å². The molecule has 0 bridgehead atoms. The van der Waals surface area contributed by atoms with Gasteiger partial charge in [0.25, 0.3) is 0 Å². The molecule has 138 valence electrons. The molecule has 1 unspecified atom stereocenters. The summed E-state index contributed by atoms with van der Waals surface area (Å²) < 4.78 is 5.86. The predicted octanol–water partition coefficient (Wildman–Crippen LogP) is 3.42. The SMILES string of the molecule is CCOC(CCNC(=O)CCc1ccccc1C(=O)O)C1CCCC1. The lowest BCUT2D eigenvalue weighted by molar-refractivity contribution is -0.121. The van der Waals surface area contributed by atoms with Gasteiger partial charge in [-0.15, -0.1) is 0 Å². The van der Waals surface area contributed by atoms with E-state index in [-0.39, 0.29) is 17.6 Å². The van der Waals surface area contributed by atoms with Crippen LogP contribution < -0.4 is 5.32 Å². The summed E-state index contributed by atoms with van der Waals surface area (Å²) in [5.74, 6) is -0.367. The Bertz CT molecular complexity index is 567. The van der Waals surface area contributed by atoms with Crippen LogP contribution in [0.4, 0.5) is 0 Å². The van der Waals surface area contributed by atoms with E-state index in [9.17, 15) is 14.7 Å². The fourth-order valence-electron chi connectivity index (χ4n) is 3.64. The molecular weight excluding hydrogens is 318 g/mol. The van der Waals surface area contributed by atoms with Gasteiger partial charge in [-0.2, -0.15) is 0 Å². The number of carboxylic acid groups (broad SMARTS) is 1. The quantitative estimate of drug-likeness (QED) is 0.680. The molecule has 0 heterocycles. The highest BCUT2D eigenvalue weighted by atomic mass is 16.5. The number of carbonyl (C=O) groups is 2. The minimum absolute atomic E-state index is 0.0399. The second-order valence-electron chi connectivity index (χ2n) is 6.64. The average molecular weight is 347 g/mol. The maximum Gasteiger partial charge on any atom is 0.335 e. The van der Waals surface area contributed by atoms with E-state index < -0.39 is 5.97 Å². The molecule has 1 saturated carbocycles. The summed E-state index contributed by atoms with van der Waals surface area (Å²) >= 11 is 0. The summed E-state index contributed by atoms with van der Waals surface area (Å²) in [5, 5.41) is 12.1. The Morgan fingerprint density at radius 3 is 2.68 bits per heavy atom. The largest absolute Gasteiger partial charge is 0.478 e. The third-order valence-electron chi connectivity index (χ3n) is 4.93. The van der Waals surface area contributed by atoms with Crippen LogP contribution >= 0.6 is 0 Å². The molecule has 0 spiro atoms. The monoisotopic (exact) mass is 347 g/mol. The molecular formula is C20H29NO4. The number of aromatic carboxylic acids is 1. The van der Waals surface area contributed by atoms with Crippen molar-refractivity contribution in [3.05, 3.63) is 35.4 Å². The van der Waals surface area contributed by atoms with Gasteiger partial charge in [0, 0.05) is 19.6 Å². The van der Waals surface area contributed by atoms with Gasteiger partial charge in [-0.05, 0) is 50.2 Å². The Kier molecular flexibility index (Phi) is 7.92. The number of nitrogens with one attached hydrogen (secondary N) is 1. The number of carboxylic acids is 1. The zero-order valence-electron chi connectivity index (χ0n) is 15.0. The van der Waals surface area contributed by atoms with Crippen molar-refractivity contribution in [3.8, 4) is 0 Å². The molecule has 0 aromatic heterocycles. The Morgan fingerprint density at radius 2 is 2.00 bits per heavy atom. The summed E-state index contributed by atoms with van der Waals surface area (Å²) in [5.41, 5.74) is 0.969. The number of hydrogen-bond donors (Lipinski definition) is 2. The smallest absolute Gasteiger partial charge is 0.335 e. The first-order valence-electron chi connectivity index (χ1n) is 9.31. The first kappa shape index (κ1) is 19.4. The van der Waals surface area contributed by atoms with E-state index in [1.807, 2.05) is 6.92 Å². The average Bonchev–Trinajstić information content (AvgIpc) is 3.14. The third kappa shape index (κ3) is 6.16. The Morgan fingerprint density at radius 1 is 1.28 bits per heavy atom. The van der Waals surface area contributed by atoms with Crippen LogP contribution in [0.3, 0.4) is 0 Å². The van der Waals surface area contributed by atoms with E-state index in [0.717, 1.165) is 6.42 Å². The highest BCUT2D eigenvalue weighted by Crippen LogP contribution is 2.30. The van der Waals surface area contributed by atoms with Crippen molar-refractivity contribution in [1.29, 1.82) is 0 Å². The zero-order valence-corrected chi connectivity index (χ0v) is 15.0. The van der Waals surface area contributed by atoms with Gasteiger partial charge in [0.2, 0.25) is 5.91 Å². The van der Waals surface area contributed by atoms with Crippen LogP contribution in [0.5, 0.6) is 0 Å². The van der Waals surface area contributed by atoms with Gasteiger partial charge in [0.05, 0.1) is 11.7 Å². The van der Waals surface area contributed by atoms with Crippen LogP contribution in [0.2, 0.25) is 0 Å². The molecule has 2 N–H and O–H groups in total. The Hall–Kier alpha value is -1.88. The Balaban J connectivity index is 1.74. The lowest BCUT2D eigenvalue weighted by Gasteiger charge is -2.23. The fourth-order valence-corrected chi connectivity index (χ4v) is 3.64. The van der Waals surface area contributed by atoms with Crippen molar-refractivity contribution in [2.45, 2.75) is 58.0 Å². The standard InChI is InChI=1S/C20H29NO4/c1-2-25-18(16-8-3-4-9-16)13-14-21-19(22)12-11-15-7-5-6-10-17(15)20(23)24/h5-7,10,16,18H,2-4,8-9,11-14H2,1H3,(H,21,22)(H,23,24). The van der Waals surface area contributed by atoms with Crippen LogP contribution in [0, 0.1) is 5.92 Å². The molecule has 1 aliphatic carbocycles. The summed E-state index contributed by atoms with van der Waals surface area (Å²) in [7, 11) is 0. The minimum Gasteiger partial charge on any atom is -0.478 e. The first-order chi connectivity index (χ1) is 12.1. The van der Waals surface area contributed by atoms with Crippen molar-refractivity contribution in [2.75, 3.05) is 13.2 Å². The van der Waals surface area contributed by atoms with E-state index >= 15 is 0 Å². The van der Waals surface area contributed by atoms with Crippen molar-refractivity contribution in [1.82, 2.24) is 5.32 Å². The third-order valence-corrected chi connectivity index (χ3v) is 4.93. The predicted molar refractivity (Wildman–Crippen MR) is 96.7 cm³/mol. The summed E-state index contributed by atoms with van der Waals surface area (Å²) in [6, 6.07) is 6.84. The molecule has 25 heavy (non-hydrogen) atoms. The van der Waals surface area contributed by atoms with Crippen LogP contribution in [-0.2, 0) is 16.0 Å². The van der Waals surface area contributed by atoms with Gasteiger partial charge in [-0.3, -0.25) is 4.79 Å². The molecule has 0 saturated heterocycles. The Labute approximate surface area is 149 Å². The molecule has 1 aromatic carbocycles. The molecule has 0 radical (unpaired) electrons. The highest BCUT2D eigenvalue weighted by molar-refractivity contribution is 5.89. The van der Waals surface area contributed by atoms with Crippen LogP contribution in [0.25, 0.3) is 0 Å². The van der Waals surface area contributed by atoms with E-state index in [0.29, 0.717) is 37.5 Å². The lowest BCUT2D eigenvalue weighted by Crippen LogP contribution is -2.31. The van der Waals surface area contributed by atoms with Crippen molar-refractivity contribution < 1.29 is 19.4 Å². The van der Waals surface area contributed by atoms with Gasteiger partial charge >= 0.3 is 5.97 Å². The molecule has 1 aromatic rings. The van der Waals surface area contributed by atoms with Crippen molar-refractivity contribution in [2.24, 2.45) is 5.92 Å². The molecule has 0 aliphatic heterocycles. The molecule has 1 fully saturated rings. The summed E-state index contributed by atoms with van der Waals surface area (Å²) in [4.78, 5) is 23.2. The van der Waals surface area contributed by atoms with E-state index in [1.165, 1.54) is 25.7 Å². The normalized spacial score (nSPS) is 15.9. The number of benzene rings is 1. The molecule has 5 heteroatoms. The van der Waals surface area contributed by atoms with Crippen LogP contribution in [0.15, 0.2) is 24.3 Å². The van der Waals surface area contributed by atoms with E-state index in [4.69, 9.17) is 4.74 Å². The van der Waals surface area contributed by atoms with Gasteiger partial charge in [0.1, 0.15) is 0 Å². The van der Waals surface area contributed by atoms with Crippen LogP contribution in [-0.4, -0.2) is 36.2 Å². The highest BCUT2D eigenvalue weighted by Gasteiger charge is 2.25. The van der Waals surface area contributed by atoms with Gasteiger partial charge < -0.3 is 15.2 Å². The number of aryl methyl sites for hydroxylation is 1. The lowest BCUT2D eigenvalue weighted by atomic mass is 9.98. The minimum atomic E-state index is -0.952. The van der Waals surface area contributed by atoms with Gasteiger partial charge in [0.15, 0.2) is 0 Å². The van der Waals surface area contributed by atoms with E-state index in [2.05, 4.69) is 5.32 Å². The summed E-state index contributed by atoms with van der Waals surface area (Å²) in [6.45, 7) is 3.34. The molecule has 5 nitrogen and oxygen atoms in total. The molecule has 1 atom stereocenters. The summed E-state index contributed by atoms with van der Waals surface area (Å²) in [6.07, 6.45) is 6.83. The number of ether oxygens (including phenoxy) is 1. The molecule has 2 rings (SSSR count). The van der Waals surface area contributed by atoms with Gasteiger partial charge in [-0.1, -0.05) is 31.0 Å². The number of rotatable bonds is 10. The topological polar surface area (TPSA) is 75.6 Å². The van der Waals surface area contributed by atoms with E-state index in [1.54, 1.807) is 24.3 Å². The maximum atomic E-state index is 12.1. The maximum absolute atomic E-state index is 12.1. The van der Waals surface area contributed by atoms with Crippen molar-refractivity contribution in [3.63, 3.8) is 0 Å². The fraction of sp³-hybridized carbons (Fsp3) is 0.600. The second kappa shape index (κ2) is 10.2. The number of amides is 1.